The summed E-state index contributed by atoms with van der Waals surface area (Å²) in [6.45, 7) is 1.55. The Bertz CT molecular complexity index is 1980. The van der Waals surface area contributed by atoms with Gasteiger partial charge in [-0.2, -0.15) is 4.98 Å². The summed E-state index contributed by atoms with van der Waals surface area (Å²) in [5.74, 6) is -3.09. The zero-order valence-corrected chi connectivity index (χ0v) is 25.5. The number of fused-ring (bicyclic) bond motifs is 1. The number of pyridine rings is 1. The van der Waals surface area contributed by atoms with E-state index in [1.807, 2.05) is 0 Å². The third kappa shape index (κ3) is 6.54. The highest BCUT2D eigenvalue weighted by atomic mass is 32.2. The molecule has 6 rings (SSSR count). The van der Waals surface area contributed by atoms with Gasteiger partial charge in [-0.3, -0.25) is 0 Å². The topological polar surface area (TPSA) is 136 Å². The Labute approximate surface area is 259 Å². The van der Waals surface area contributed by atoms with E-state index in [0.717, 1.165) is 29.0 Å². The molecule has 1 aliphatic rings. The van der Waals surface area contributed by atoms with Crippen LogP contribution in [-0.2, 0) is 16.4 Å². The van der Waals surface area contributed by atoms with Crippen molar-refractivity contribution in [1.82, 2.24) is 19.9 Å². The Balaban J connectivity index is 1.28. The Kier molecular flexibility index (Phi) is 8.31. The Morgan fingerprint density at radius 3 is 2.44 bits per heavy atom. The largest absolute Gasteiger partial charge is 0.382 e. The fraction of sp³-hybridized carbons (Fsp3) is 0.267. The molecule has 0 saturated heterocycles. The van der Waals surface area contributed by atoms with E-state index in [0.29, 0.717) is 52.9 Å². The van der Waals surface area contributed by atoms with Crippen LogP contribution >= 0.6 is 11.3 Å². The van der Waals surface area contributed by atoms with E-state index in [9.17, 15) is 26.0 Å². The van der Waals surface area contributed by atoms with E-state index in [2.05, 4.69) is 30.6 Å². The van der Waals surface area contributed by atoms with Crippen LogP contribution in [0.1, 0.15) is 30.5 Å². The molecule has 2 atom stereocenters. The van der Waals surface area contributed by atoms with E-state index in [1.165, 1.54) is 17.4 Å². The van der Waals surface area contributed by atoms with Gasteiger partial charge >= 0.3 is 0 Å². The van der Waals surface area contributed by atoms with Crippen molar-refractivity contribution in [2.24, 2.45) is 5.92 Å². The molecule has 15 heteroatoms. The van der Waals surface area contributed by atoms with Gasteiger partial charge in [0.05, 0.1) is 26.6 Å². The highest BCUT2D eigenvalue weighted by Crippen LogP contribution is 2.39. The molecule has 0 spiro atoms. The molecule has 0 bridgehead atoms. The molecule has 0 amide bonds. The molecule has 1 fully saturated rings. The molecule has 0 unspecified atom stereocenters. The minimum absolute atomic E-state index is 0.119. The van der Waals surface area contributed by atoms with Gasteiger partial charge in [0.25, 0.3) is 0 Å². The lowest BCUT2D eigenvalue weighted by molar-refractivity contribution is 0.547. The predicted octanol–water partition coefficient (Wildman–Crippen LogP) is 6.26. The summed E-state index contributed by atoms with van der Waals surface area (Å²) in [5.41, 5.74) is 7.53. The molecule has 234 valence electrons. The molecular formula is C30H27F4N7O2S2. The van der Waals surface area contributed by atoms with Crippen LogP contribution in [0.2, 0.25) is 0 Å². The third-order valence-corrected chi connectivity index (χ3v) is 10.6. The molecule has 9 nitrogen and oxygen atoms in total. The molecule has 0 radical (unpaired) electrons. The molecule has 2 aromatic carbocycles. The van der Waals surface area contributed by atoms with Gasteiger partial charge in [-0.1, -0.05) is 6.07 Å². The number of hydrogen-bond acceptors (Lipinski definition) is 10. The minimum Gasteiger partial charge on any atom is -0.382 e. The standard InChI is InChI=1S/C30H27F4N7O2S2/c1-15-25(29-40-26-24(44-29)7-8-36-27(26)35)28(41-30(38-15)37-13-21-22(33)3-2-4-23(21)34)39-19-6-5-16(9-19)14-45(42,43)20-11-17(31)10-18(32)12-20/h2-4,7-8,10-12,16,19H,5-6,9,13-14H2,1H3,(H2,35,36)(H2,37,38,39,41)/t16-,19+/m1/s1. The van der Waals surface area contributed by atoms with Crippen LogP contribution in [-0.4, -0.2) is 40.1 Å². The predicted molar refractivity (Wildman–Crippen MR) is 164 cm³/mol. The van der Waals surface area contributed by atoms with Gasteiger partial charge in [0.15, 0.2) is 15.7 Å². The maximum Gasteiger partial charge on any atom is 0.225 e. The van der Waals surface area contributed by atoms with Crippen LogP contribution in [0, 0.1) is 36.1 Å². The summed E-state index contributed by atoms with van der Waals surface area (Å²) in [4.78, 5) is 17.6. The number of anilines is 3. The number of aryl methyl sites for hydroxylation is 1. The van der Waals surface area contributed by atoms with Gasteiger partial charge < -0.3 is 16.4 Å². The lowest BCUT2D eigenvalue weighted by atomic mass is 10.1. The summed E-state index contributed by atoms with van der Waals surface area (Å²) in [6.07, 6.45) is 3.18. The smallest absolute Gasteiger partial charge is 0.225 e. The first-order valence-corrected chi connectivity index (χ1v) is 16.5. The van der Waals surface area contributed by atoms with Crippen LogP contribution in [0.25, 0.3) is 20.8 Å². The van der Waals surface area contributed by atoms with Gasteiger partial charge in [-0.05, 0) is 62.4 Å². The van der Waals surface area contributed by atoms with Crippen molar-refractivity contribution in [2.45, 2.75) is 43.7 Å². The molecule has 1 aliphatic carbocycles. The average Bonchev–Trinajstić information content (AvgIpc) is 3.59. The summed E-state index contributed by atoms with van der Waals surface area (Å²) < 4.78 is 82.7. The van der Waals surface area contributed by atoms with Crippen LogP contribution < -0.4 is 16.4 Å². The van der Waals surface area contributed by atoms with Gasteiger partial charge in [0.1, 0.15) is 39.6 Å². The van der Waals surface area contributed by atoms with Crippen molar-refractivity contribution >= 4 is 49.0 Å². The minimum atomic E-state index is -3.94. The highest BCUT2D eigenvalue weighted by molar-refractivity contribution is 7.91. The average molecular weight is 658 g/mol. The number of aromatic nitrogens is 4. The van der Waals surface area contributed by atoms with E-state index >= 15 is 0 Å². The van der Waals surface area contributed by atoms with Crippen molar-refractivity contribution < 1.29 is 26.0 Å². The maximum absolute atomic E-state index is 14.3. The zero-order valence-electron chi connectivity index (χ0n) is 23.8. The van der Waals surface area contributed by atoms with Crippen LogP contribution in [0.15, 0.2) is 53.6 Å². The fourth-order valence-corrected chi connectivity index (χ4v) is 8.30. The van der Waals surface area contributed by atoms with E-state index in [4.69, 9.17) is 5.73 Å². The van der Waals surface area contributed by atoms with Gasteiger partial charge in [0, 0.05) is 30.4 Å². The van der Waals surface area contributed by atoms with E-state index < -0.39 is 38.0 Å². The molecular weight excluding hydrogens is 631 g/mol. The lowest BCUT2D eigenvalue weighted by Gasteiger charge is -2.19. The maximum atomic E-state index is 14.3. The van der Waals surface area contributed by atoms with Crippen LogP contribution in [0.4, 0.5) is 35.1 Å². The van der Waals surface area contributed by atoms with Crippen molar-refractivity contribution in [3.05, 3.63) is 83.2 Å². The number of benzene rings is 2. The number of thiazole rings is 1. The second-order valence-corrected chi connectivity index (χ2v) is 13.9. The molecule has 1 saturated carbocycles. The molecule has 4 N–H and O–H groups in total. The number of halogens is 4. The van der Waals surface area contributed by atoms with Crippen molar-refractivity contribution in [2.75, 3.05) is 22.1 Å². The highest BCUT2D eigenvalue weighted by Gasteiger charge is 2.31. The molecule has 0 aliphatic heterocycles. The van der Waals surface area contributed by atoms with Crippen molar-refractivity contribution in [3.8, 4) is 10.6 Å². The number of sulfone groups is 1. The first kappa shape index (κ1) is 30.6. The Hall–Kier alpha value is -4.37. The summed E-state index contributed by atoms with van der Waals surface area (Å²) in [5, 5.41) is 6.88. The third-order valence-electron chi connectivity index (χ3n) is 7.66. The first-order chi connectivity index (χ1) is 21.5. The van der Waals surface area contributed by atoms with E-state index in [1.54, 1.807) is 19.2 Å². The number of nitrogens with two attached hydrogens (primary N) is 1. The Morgan fingerprint density at radius 1 is 1.00 bits per heavy atom. The van der Waals surface area contributed by atoms with Gasteiger partial charge in [-0.25, -0.2) is 40.9 Å². The van der Waals surface area contributed by atoms with Crippen molar-refractivity contribution in [3.63, 3.8) is 0 Å². The quantitative estimate of drug-likeness (QED) is 0.157. The fourth-order valence-electron chi connectivity index (χ4n) is 5.53. The number of nitrogen functional groups attached to an aromatic ring is 1. The number of hydrogen-bond donors (Lipinski definition) is 3. The zero-order chi connectivity index (χ0) is 31.9. The summed E-state index contributed by atoms with van der Waals surface area (Å²) in [7, 11) is -3.94. The normalized spacial score (nSPS) is 16.7. The molecule has 5 aromatic rings. The second-order valence-electron chi connectivity index (χ2n) is 10.9. The number of nitrogens with zero attached hydrogens (tertiary/aromatic N) is 4. The lowest BCUT2D eigenvalue weighted by Crippen LogP contribution is -2.21. The number of nitrogens with one attached hydrogen (secondary N) is 2. The van der Waals surface area contributed by atoms with Gasteiger partial charge in [0.2, 0.25) is 5.95 Å². The second kappa shape index (κ2) is 12.2. The summed E-state index contributed by atoms with van der Waals surface area (Å²) in [6, 6.07) is 7.46. The van der Waals surface area contributed by atoms with E-state index in [-0.39, 0.29) is 41.6 Å². The SMILES string of the molecule is Cc1nc(NCc2c(F)cccc2F)nc(N[C@H]2CC[C@@H](CS(=O)(=O)c3cc(F)cc(F)c3)C2)c1-c1nc2c(N)nccc2s1. The molecule has 3 aromatic heterocycles. The summed E-state index contributed by atoms with van der Waals surface area (Å²) >= 11 is 1.37. The Morgan fingerprint density at radius 2 is 1.73 bits per heavy atom. The number of rotatable bonds is 9. The van der Waals surface area contributed by atoms with Crippen LogP contribution in [0.5, 0.6) is 0 Å². The van der Waals surface area contributed by atoms with Gasteiger partial charge in [-0.15, -0.1) is 11.3 Å². The van der Waals surface area contributed by atoms with Crippen molar-refractivity contribution in [1.29, 1.82) is 0 Å². The molecule has 3 heterocycles. The first-order valence-electron chi connectivity index (χ1n) is 14.0. The monoisotopic (exact) mass is 657 g/mol. The molecule has 45 heavy (non-hydrogen) atoms. The van der Waals surface area contributed by atoms with Crippen LogP contribution in [0.3, 0.4) is 0 Å².